The zero-order valence-electron chi connectivity index (χ0n) is 11.7. The van der Waals surface area contributed by atoms with E-state index in [0.29, 0.717) is 6.54 Å². The second kappa shape index (κ2) is 6.24. The van der Waals surface area contributed by atoms with E-state index in [1.807, 2.05) is 6.92 Å². The van der Waals surface area contributed by atoms with Crippen molar-refractivity contribution in [3.8, 4) is 0 Å². The van der Waals surface area contributed by atoms with Crippen molar-refractivity contribution in [2.45, 2.75) is 48.4 Å². The molecule has 118 valence electrons. The molecule has 0 aliphatic carbocycles. The summed E-state index contributed by atoms with van der Waals surface area (Å²) in [5.74, 6) is 0. The van der Waals surface area contributed by atoms with Gasteiger partial charge in [-0.05, 0) is 31.9 Å². The number of nitrogens with zero attached hydrogens (tertiary/aromatic N) is 1. The van der Waals surface area contributed by atoms with Crippen LogP contribution in [0.4, 0.5) is 0 Å². The Labute approximate surface area is 130 Å². The molecule has 1 aromatic carbocycles. The van der Waals surface area contributed by atoms with E-state index in [9.17, 15) is 16.8 Å². The van der Waals surface area contributed by atoms with Crippen LogP contribution in [0.5, 0.6) is 0 Å². The molecular formula is C13H18ClNO4S2. The molecule has 8 heteroatoms. The van der Waals surface area contributed by atoms with Gasteiger partial charge in [0.05, 0.1) is 0 Å². The molecule has 1 aromatic rings. The van der Waals surface area contributed by atoms with Gasteiger partial charge in [0.2, 0.25) is 10.0 Å². The minimum absolute atomic E-state index is 0.149. The minimum atomic E-state index is -4.12. The molecule has 0 bridgehead atoms. The van der Waals surface area contributed by atoms with Crippen molar-refractivity contribution in [2.75, 3.05) is 6.54 Å². The summed E-state index contributed by atoms with van der Waals surface area (Å²) in [6.07, 6.45) is 3.50. The van der Waals surface area contributed by atoms with Gasteiger partial charge >= 0.3 is 0 Å². The first-order chi connectivity index (χ1) is 9.74. The molecule has 0 amide bonds. The maximum absolute atomic E-state index is 12.8. The van der Waals surface area contributed by atoms with Crippen molar-refractivity contribution in [3.05, 3.63) is 24.3 Å². The second-order valence-electron chi connectivity index (χ2n) is 5.20. The molecule has 1 heterocycles. The largest absolute Gasteiger partial charge is 0.262 e. The van der Waals surface area contributed by atoms with Crippen LogP contribution in [0.3, 0.4) is 0 Å². The summed E-state index contributed by atoms with van der Waals surface area (Å²) >= 11 is 0. The van der Waals surface area contributed by atoms with Crippen LogP contribution in [0, 0.1) is 0 Å². The van der Waals surface area contributed by atoms with Crippen LogP contribution in [0.2, 0.25) is 0 Å². The first kappa shape index (κ1) is 16.7. The highest BCUT2D eigenvalue weighted by Gasteiger charge is 2.33. The number of hydrogen-bond acceptors (Lipinski definition) is 4. The van der Waals surface area contributed by atoms with Crippen LogP contribution < -0.4 is 0 Å². The molecule has 21 heavy (non-hydrogen) atoms. The number of hydrogen-bond donors (Lipinski definition) is 0. The Bertz CT molecular complexity index is 715. The zero-order valence-corrected chi connectivity index (χ0v) is 14.1. The molecule has 1 fully saturated rings. The van der Waals surface area contributed by atoms with Crippen molar-refractivity contribution in [2.24, 2.45) is 0 Å². The van der Waals surface area contributed by atoms with Gasteiger partial charge in [-0.15, -0.1) is 0 Å². The quantitative estimate of drug-likeness (QED) is 0.784. The lowest BCUT2D eigenvalue weighted by molar-refractivity contribution is 0.341. The molecule has 1 unspecified atom stereocenters. The van der Waals surface area contributed by atoms with Crippen molar-refractivity contribution in [1.29, 1.82) is 0 Å². The van der Waals surface area contributed by atoms with Crippen molar-refractivity contribution < 1.29 is 16.8 Å². The van der Waals surface area contributed by atoms with Gasteiger partial charge in [-0.1, -0.05) is 25.0 Å². The predicted molar refractivity (Wildman–Crippen MR) is 81.3 cm³/mol. The minimum Gasteiger partial charge on any atom is -0.207 e. The average Bonchev–Trinajstić information content (AvgIpc) is 2.63. The number of halogens is 1. The third-order valence-corrected chi connectivity index (χ3v) is 7.27. The van der Waals surface area contributed by atoms with Crippen molar-refractivity contribution in [1.82, 2.24) is 4.31 Å². The van der Waals surface area contributed by atoms with E-state index in [1.54, 1.807) is 0 Å². The molecule has 1 aliphatic heterocycles. The molecule has 5 nitrogen and oxygen atoms in total. The maximum Gasteiger partial charge on any atom is 0.262 e. The highest BCUT2D eigenvalue weighted by molar-refractivity contribution is 8.14. The predicted octanol–water partition coefficient (Wildman–Crippen LogP) is 2.57. The van der Waals surface area contributed by atoms with Gasteiger partial charge in [-0.3, -0.25) is 0 Å². The number of sulfonamides is 1. The van der Waals surface area contributed by atoms with Crippen LogP contribution in [0.15, 0.2) is 34.1 Å². The third kappa shape index (κ3) is 3.59. The molecule has 0 spiro atoms. The monoisotopic (exact) mass is 351 g/mol. The van der Waals surface area contributed by atoms with E-state index in [0.717, 1.165) is 25.7 Å². The second-order valence-corrected chi connectivity index (χ2v) is 9.59. The van der Waals surface area contributed by atoms with Crippen LogP contribution >= 0.6 is 10.7 Å². The fraction of sp³-hybridized carbons (Fsp3) is 0.538. The molecule has 0 radical (unpaired) electrons. The first-order valence-electron chi connectivity index (χ1n) is 6.80. The Balaban J connectivity index is 2.54. The maximum atomic E-state index is 12.8. The summed E-state index contributed by atoms with van der Waals surface area (Å²) < 4.78 is 50.3. The Hall–Kier alpha value is -0.630. The van der Waals surface area contributed by atoms with E-state index >= 15 is 0 Å². The lowest BCUT2D eigenvalue weighted by atomic mass is 10.1. The van der Waals surface area contributed by atoms with Gasteiger partial charge in [-0.25, -0.2) is 16.8 Å². The van der Waals surface area contributed by atoms with Gasteiger partial charge in [0, 0.05) is 23.3 Å². The summed E-state index contributed by atoms with van der Waals surface area (Å²) in [5.41, 5.74) is 0. The standard InChI is InChI=1S/C13H18ClNO4S2/c1-11-7-3-2-6-10-15(11)21(18,19)13-9-5-4-8-12(13)20(14,16)17/h4-5,8-9,11H,2-3,6-7,10H2,1H3. The molecular weight excluding hydrogens is 334 g/mol. The number of benzene rings is 1. The Morgan fingerprint density at radius 1 is 1.05 bits per heavy atom. The molecule has 0 aromatic heterocycles. The Morgan fingerprint density at radius 2 is 1.67 bits per heavy atom. The van der Waals surface area contributed by atoms with Crippen LogP contribution in [-0.4, -0.2) is 33.7 Å². The summed E-state index contributed by atoms with van der Waals surface area (Å²) in [7, 11) is -2.63. The lowest BCUT2D eigenvalue weighted by Gasteiger charge is -2.26. The van der Waals surface area contributed by atoms with Gasteiger partial charge in [0.25, 0.3) is 9.05 Å². The van der Waals surface area contributed by atoms with Crippen LogP contribution in [-0.2, 0) is 19.1 Å². The summed E-state index contributed by atoms with van der Waals surface area (Å²) in [6, 6.07) is 5.32. The van der Waals surface area contributed by atoms with E-state index < -0.39 is 19.1 Å². The van der Waals surface area contributed by atoms with Gasteiger partial charge in [0.1, 0.15) is 9.79 Å². The topological polar surface area (TPSA) is 71.5 Å². The summed E-state index contributed by atoms with van der Waals surface area (Å²) in [5, 5.41) is 0. The van der Waals surface area contributed by atoms with Crippen LogP contribution in [0.1, 0.15) is 32.6 Å². The van der Waals surface area contributed by atoms with Crippen molar-refractivity contribution in [3.63, 3.8) is 0 Å². The molecule has 1 aliphatic rings. The number of rotatable bonds is 3. The molecule has 2 rings (SSSR count). The Morgan fingerprint density at radius 3 is 2.29 bits per heavy atom. The fourth-order valence-electron chi connectivity index (χ4n) is 2.60. The normalized spacial score (nSPS) is 21.9. The molecule has 0 N–H and O–H groups in total. The van der Waals surface area contributed by atoms with Gasteiger partial charge in [0.15, 0.2) is 0 Å². The summed E-state index contributed by atoms with van der Waals surface area (Å²) in [6.45, 7) is 2.25. The van der Waals surface area contributed by atoms with E-state index in [4.69, 9.17) is 10.7 Å². The summed E-state index contributed by atoms with van der Waals surface area (Å²) in [4.78, 5) is -0.600. The SMILES string of the molecule is CC1CCCCCN1S(=O)(=O)c1ccccc1S(=O)(=O)Cl. The lowest BCUT2D eigenvalue weighted by Crippen LogP contribution is -2.38. The average molecular weight is 352 g/mol. The van der Waals surface area contributed by atoms with Crippen LogP contribution in [0.25, 0.3) is 0 Å². The molecule has 1 atom stereocenters. The smallest absolute Gasteiger partial charge is 0.207 e. The highest BCUT2D eigenvalue weighted by Crippen LogP contribution is 2.30. The fourth-order valence-corrected chi connectivity index (χ4v) is 6.11. The van der Waals surface area contributed by atoms with Crippen molar-refractivity contribution >= 4 is 29.8 Å². The van der Waals surface area contributed by atoms with E-state index in [-0.39, 0.29) is 15.8 Å². The molecule has 0 saturated carbocycles. The van der Waals surface area contributed by atoms with E-state index in [1.165, 1.54) is 28.6 Å². The highest BCUT2D eigenvalue weighted by atomic mass is 35.7. The van der Waals surface area contributed by atoms with Gasteiger partial charge in [-0.2, -0.15) is 4.31 Å². The van der Waals surface area contributed by atoms with Gasteiger partial charge < -0.3 is 0 Å². The van der Waals surface area contributed by atoms with E-state index in [2.05, 4.69) is 0 Å². The third-order valence-electron chi connectivity index (χ3n) is 3.69. The first-order valence-corrected chi connectivity index (χ1v) is 10.5. The molecule has 1 saturated heterocycles. The zero-order chi connectivity index (χ0) is 15.7. The Kier molecular flexibility index (Phi) is 4.97.